The van der Waals surface area contributed by atoms with Gasteiger partial charge in [-0.25, -0.2) is 4.39 Å². The van der Waals surface area contributed by atoms with Crippen molar-refractivity contribution >= 4 is 5.91 Å². The lowest BCUT2D eigenvalue weighted by atomic mass is 9.73. The van der Waals surface area contributed by atoms with Crippen molar-refractivity contribution < 1.29 is 13.9 Å². The Morgan fingerprint density at radius 2 is 1.59 bits per heavy atom. The van der Waals surface area contributed by atoms with E-state index in [0.717, 1.165) is 31.5 Å². The largest absolute Gasteiger partial charge is 0.381 e. The maximum atomic E-state index is 13.3. The third-order valence-corrected chi connectivity index (χ3v) is 5.05. The van der Waals surface area contributed by atoms with E-state index < -0.39 is 5.41 Å². The molecule has 22 heavy (non-hydrogen) atoms. The Kier molecular flexibility index (Phi) is 4.77. The number of likely N-dealkylation sites (tertiary alicyclic amines) is 1. The molecule has 0 aromatic heterocycles. The number of hydrogen-bond acceptors (Lipinski definition) is 2. The minimum atomic E-state index is -0.531. The van der Waals surface area contributed by atoms with E-state index in [2.05, 4.69) is 0 Å². The van der Waals surface area contributed by atoms with Gasteiger partial charge < -0.3 is 9.64 Å². The van der Waals surface area contributed by atoms with Crippen LogP contribution in [0.25, 0.3) is 0 Å². The predicted octanol–water partition coefficient (Wildman–Crippen LogP) is 3.28. The molecule has 2 saturated heterocycles. The molecule has 0 saturated carbocycles. The van der Waals surface area contributed by atoms with E-state index in [4.69, 9.17) is 4.74 Å². The number of benzene rings is 1. The number of carbonyl (C=O) groups is 1. The third kappa shape index (κ3) is 3.02. The normalized spacial score (nSPS) is 22.1. The fourth-order valence-corrected chi connectivity index (χ4v) is 3.69. The topological polar surface area (TPSA) is 29.5 Å². The Hall–Kier alpha value is -1.42. The number of halogens is 1. The van der Waals surface area contributed by atoms with Gasteiger partial charge in [-0.05, 0) is 43.4 Å². The average molecular weight is 305 g/mol. The number of hydrogen-bond donors (Lipinski definition) is 0. The lowest BCUT2D eigenvalue weighted by Crippen LogP contribution is -2.50. The van der Waals surface area contributed by atoms with Gasteiger partial charge in [0.05, 0.1) is 5.41 Å². The Labute approximate surface area is 131 Å². The van der Waals surface area contributed by atoms with Gasteiger partial charge in [0.1, 0.15) is 5.82 Å². The van der Waals surface area contributed by atoms with E-state index in [1.165, 1.54) is 25.0 Å². The van der Waals surface area contributed by atoms with Crippen molar-refractivity contribution in [2.45, 2.75) is 43.9 Å². The van der Waals surface area contributed by atoms with Crippen LogP contribution in [-0.4, -0.2) is 37.1 Å². The Morgan fingerprint density at radius 1 is 1.00 bits per heavy atom. The van der Waals surface area contributed by atoms with Gasteiger partial charge in [0.25, 0.3) is 0 Å². The van der Waals surface area contributed by atoms with Crippen LogP contribution < -0.4 is 0 Å². The SMILES string of the molecule is O=C(N1CCCCCC1)C1(c2ccc(F)cc2)CCOCC1. The van der Waals surface area contributed by atoms with Crippen molar-refractivity contribution in [3.63, 3.8) is 0 Å². The Bertz CT molecular complexity index is 500. The summed E-state index contributed by atoms with van der Waals surface area (Å²) >= 11 is 0. The summed E-state index contributed by atoms with van der Waals surface area (Å²) in [5, 5.41) is 0. The summed E-state index contributed by atoms with van der Waals surface area (Å²) in [4.78, 5) is 15.3. The zero-order valence-electron chi connectivity index (χ0n) is 13.0. The van der Waals surface area contributed by atoms with E-state index in [-0.39, 0.29) is 11.7 Å². The molecule has 1 aromatic carbocycles. The third-order valence-electron chi connectivity index (χ3n) is 5.05. The number of amides is 1. The van der Waals surface area contributed by atoms with Gasteiger partial charge in [0.2, 0.25) is 5.91 Å². The van der Waals surface area contributed by atoms with Gasteiger partial charge in [0.15, 0.2) is 0 Å². The highest BCUT2D eigenvalue weighted by molar-refractivity contribution is 5.88. The maximum Gasteiger partial charge on any atom is 0.233 e. The summed E-state index contributed by atoms with van der Waals surface area (Å²) < 4.78 is 18.8. The van der Waals surface area contributed by atoms with E-state index in [1.54, 1.807) is 12.1 Å². The highest BCUT2D eigenvalue weighted by atomic mass is 19.1. The molecule has 0 N–H and O–H groups in total. The molecule has 3 rings (SSSR count). The molecule has 3 nitrogen and oxygen atoms in total. The second-order valence-corrected chi connectivity index (χ2v) is 6.41. The summed E-state index contributed by atoms with van der Waals surface area (Å²) in [6.45, 7) is 2.89. The van der Waals surface area contributed by atoms with Crippen molar-refractivity contribution in [1.29, 1.82) is 0 Å². The van der Waals surface area contributed by atoms with Gasteiger partial charge in [-0.3, -0.25) is 4.79 Å². The molecule has 120 valence electrons. The summed E-state index contributed by atoms with van der Waals surface area (Å²) in [5.74, 6) is -0.0440. The van der Waals surface area contributed by atoms with Crippen LogP contribution in [0.1, 0.15) is 44.1 Å². The second kappa shape index (κ2) is 6.78. The molecule has 2 fully saturated rings. The molecular formula is C18H24FNO2. The van der Waals surface area contributed by atoms with Crippen molar-refractivity contribution in [3.05, 3.63) is 35.6 Å². The van der Waals surface area contributed by atoms with E-state index in [9.17, 15) is 9.18 Å². The van der Waals surface area contributed by atoms with Crippen LogP contribution in [0.4, 0.5) is 4.39 Å². The zero-order chi connectivity index (χ0) is 15.4. The molecular weight excluding hydrogens is 281 g/mol. The van der Waals surface area contributed by atoms with Gasteiger partial charge in [-0.2, -0.15) is 0 Å². The standard InChI is InChI=1S/C18H24FNO2/c19-16-7-5-15(6-8-16)18(9-13-22-14-10-18)17(21)20-11-3-1-2-4-12-20/h5-8H,1-4,9-14H2. The highest BCUT2D eigenvalue weighted by Gasteiger charge is 2.44. The van der Waals surface area contributed by atoms with E-state index in [1.807, 2.05) is 4.90 Å². The number of ether oxygens (including phenoxy) is 1. The molecule has 0 aliphatic carbocycles. The molecule has 2 aliphatic rings. The molecule has 1 aromatic rings. The summed E-state index contributed by atoms with van der Waals surface area (Å²) in [7, 11) is 0. The lowest BCUT2D eigenvalue weighted by Gasteiger charge is -2.40. The van der Waals surface area contributed by atoms with Gasteiger partial charge >= 0.3 is 0 Å². The molecule has 4 heteroatoms. The molecule has 0 radical (unpaired) electrons. The maximum absolute atomic E-state index is 13.3. The minimum Gasteiger partial charge on any atom is -0.381 e. The van der Waals surface area contributed by atoms with Crippen LogP contribution in [0.15, 0.2) is 24.3 Å². The van der Waals surface area contributed by atoms with Gasteiger partial charge in [-0.15, -0.1) is 0 Å². The molecule has 1 amide bonds. The summed E-state index contributed by atoms with van der Waals surface area (Å²) in [6.07, 6.45) is 5.96. The zero-order valence-corrected chi connectivity index (χ0v) is 13.0. The first-order chi connectivity index (χ1) is 10.7. The Morgan fingerprint density at radius 3 is 2.18 bits per heavy atom. The molecule has 2 aliphatic heterocycles. The van der Waals surface area contributed by atoms with Crippen molar-refractivity contribution in [1.82, 2.24) is 4.90 Å². The predicted molar refractivity (Wildman–Crippen MR) is 83.2 cm³/mol. The van der Waals surface area contributed by atoms with Gasteiger partial charge in [-0.1, -0.05) is 25.0 Å². The number of rotatable bonds is 2. The quantitative estimate of drug-likeness (QED) is 0.839. The van der Waals surface area contributed by atoms with Crippen LogP contribution in [-0.2, 0) is 14.9 Å². The molecule has 0 spiro atoms. The van der Waals surface area contributed by atoms with Crippen molar-refractivity contribution in [2.24, 2.45) is 0 Å². The second-order valence-electron chi connectivity index (χ2n) is 6.41. The van der Waals surface area contributed by atoms with Crippen molar-refractivity contribution in [2.75, 3.05) is 26.3 Å². The number of nitrogens with zero attached hydrogens (tertiary/aromatic N) is 1. The summed E-state index contributed by atoms with van der Waals surface area (Å²) in [6, 6.07) is 6.47. The van der Waals surface area contributed by atoms with Crippen molar-refractivity contribution in [3.8, 4) is 0 Å². The lowest BCUT2D eigenvalue weighted by molar-refractivity contribution is -0.141. The van der Waals surface area contributed by atoms with Crippen LogP contribution in [0, 0.1) is 5.82 Å². The van der Waals surface area contributed by atoms with Gasteiger partial charge in [0, 0.05) is 26.3 Å². The first-order valence-corrected chi connectivity index (χ1v) is 8.35. The first-order valence-electron chi connectivity index (χ1n) is 8.35. The van der Waals surface area contributed by atoms with E-state index in [0.29, 0.717) is 26.1 Å². The number of carbonyl (C=O) groups excluding carboxylic acids is 1. The summed E-state index contributed by atoms with van der Waals surface area (Å²) in [5.41, 5.74) is 0.405. The minimum absolute atomic E-state index is 0.212. The smallest absolute Gasteiger partial charge is 0.233 e. The highest BCUT2D eigenvalue weighted by Crippen LogP contribution is 2.37. The van der Waals surface area contributed by atoms with Crippen LogP contribution in [0.3, 0.4) is 0 Å². The first kappa shape index (κ1) is 15.5. The molecule has 2 heterocycles. The fraction of sp³-hybridized carbons (Fsp3) is 0.611. The van der Waals surface area contributed by atoms with E-state index >= 15 is 0 Å². The molecule has 0 bridgehead atoms. The van der Waals surface area contributed by atoms with Crippen LogP contribution in [0.2, 0.25) is 0 Å². The molecule has 0 atom stereocenters. The molecule has 0 unspecified atom stereocenters. The van der Waals surface area contributed by atoms with Crippen LogP contribution >= 0.6 is 0 Å². The van der Waals surface area contributed by atoms with Crippen LogP contribution in [0.5, 0.6) is 0 Å². The fourth-order valence-electron chi connectivity index (χ4n) is 3.69. The monoisotopic (exact) mass is 305 g/mol. The average Bonchev–Trinajstić information content (AvgIpc) is 2.84. The Balaban J connectivity index is 1.90.